The number of carbonyl (C=O) groups is 1. The highest BCUT2D eigenvalue weighted by Crippen LogP contribution is 2.29. The highest BCUT2D eigenvalue weighted by molar-refractivity contribution is 5.96. The Labute approximate surface area is 149 Å². The van der Waals surface area contributed by atoms with Gasteiger partial charge in [-0.1, -0.05) is 29.4 Å². The fourth-order valence-electron chi connectivity index (χ4n) is 2.63. The molecule has 3 aromatic carbocycles. The zero-order valence-electron chi connectivity index (χ0n) is 13.6. The third-order valence-electron chi connectivity index (χ3n) is 3.88. The maximum atomic E-state index is 13.1. The summed E-state index contributed by atoms with van der Waals surface area (Å²) in [6.45, 7) is 0.0712. The van der Waals surface area contributed by atoms with Crippen molar-refractivity contribution in [2.75, 3.05) is 5.32 Å². The van der Waals surface area contributed by atoms with Crippen LogP contribution in [0.3, 0.4) is 0 Å². The summed E-state index contributed by atoms with van der Waals surface area (Å²) in [5.74, 6) is -1.44. The minimum absolute atomic E-state index is 0.0712. The van der Waals surface area contributed by atoms with E-state index in [0.29, 0.717) is 11.4 Å². The van der Waals surface area contributed by atoms with Crippen molar-refractivity contribution < 1.29 is 14.3 Å². The molecule has 0 unspecified atom stereocenters. The third-order valence-corrected chi connectivity index (χ3v) is 3.88. The van der Waals surface area contributed by atoms with Gasteiger partial charge in [-0.2, -0.15) is 4.91 Å². The van der Waals surface area contributed by atoms with Crippen LogP contribution in [0.15, 0.2) is 71.9 Å². The quantitative estimate of drug-likeness (QED) is 0.599. The van der Waals surface area contributed by atoms with E-state index in [9.17, 15) is 19.2 Å². The van der Waals surface area contributed by atoms with Crippen LogP contribution in [0.2, 0.25) is 0 Å². The van der Waals surface area contributed by atoms with Gasteiger partial charge in [-0.15, -0.1) is 0 Å². The Balaban J connectivity index is 2.00. The van der Waals surface area contributed by atoms with Crippen molar-refractivity contribution in [1.29, 1.82) is 0 Å². The normalized spacial score (nSPS) is 10.3. The van der Waals surface area contributed by atoms with Crippen molar-refractivity contribution in [3.63, 3.8) is 0 Å². The number of nitrogens with zero attached hydrogens (tertiary/aromatic N) is 1. The fraction of sp³-hybridized carbons (Fsp3) is 0.0500. The Hall–Kier alpha value is -3.54. The monoisotopic (exact) mass is 350 g/mol. The molecule has 130 valence electrons. The number of nitrogens with one attached hydrogen (secondary N) is 1. The van der Waals surface area contributed by atoms with Crippen LogP contribution >= 0.6 is 0 Å². The number of hydrogen-bond donors (Lipinski definition) is 2. The van der Waals surface area contributed by atoms with Crippen molar-refractivity contribution in [2.45, 2.75) is 6.54 Å². The molecule has 0 heterocycles. The van der Waals surface area contributed by atoms with Crippen LogP contribution in [-0.2, 0) is 6.54 Å². The Kier molecular flexibility index (Phi) is 5.03. The summed E-state index contributed by atoms with van der Waals surface area (Å²) >= 11 is 0. The van der Waals surface area contributed by atoms with Crippen molar-refractivity contribution in [2.24, 2.45) is 5.18 Å². The zero-order chi connectivity index (χ0) is 18.5. The van der Waals surface area contributed by atoms with Crippen LogP contribution < -0.4 is 5.32 Å². The predicted octanol–water partition coefficient (Wildman–Crippen LogP) is 5.20. The molecule has 26 heavy (non-hydrogen) atoms. The number of rotatable bonds is 6. The van der Waals surface area contributed by atoms with Gasteiger partial charge in [0.25, 0.3) is 0 Å². The first-order valence-electron chi connectivity index (χ1n) is 7.85. The second-order valence-electron chi connectivity index (χ2n) is 5.68. The molecule has 0 radical (unpaired) electrons. The molecule has 0 saturated carbocycles. The molecule has 5 nitrogen and oxygen atoms in total. The molecule has 0 aliphatic heterocycles. The van der Waals surface area contributed by atoms with Crippen molar-refractivity contribution in [3.8, 4) is 11.1 Å². The average Bonchev–Trinajstić information content (AvgIpc) is 2.64. The van der Waals surface area contributed by atoms with E-state index < -0.39 is 5.97 Å². The van der Waals surface area contributed by atoms with Gasteiger partial charge in [0.1, 0.15) is 12.4 Å². The Morgan fingerprint density at radius 2 is 1.73 bits per heavy atom. The topological polar surface area (TPSA) is 78.8 Å². The molecule has 0 aromatic heterocycles. The second kappa shape index (κ2) is 7.57. The Bertz CT molecular complexity index is 956. The first kappa shape index (κ1) is 17.3. The molecule has 3 aromatic rings. The summed E-state index contributed by atoms with van der Waals surface area (Å²) in [5, 5.41) is 15.3. The van der Waals surface area contributed by atoms with E-state index in [-0.39, 0.29) is 17.9 Å². The highest BCUT2D eigenvalue weighted by atomic mass is 19.1. The lowest BCUT2D eigenvalue weighted by molar-refractivity contribution is 0.0698. The molecule has 0 bridgehead atoms. The molecular weight excluding hydrogens is 335 g/mol. The fourth-order valence-corrected chi connectivity index (χ4v) is 2.63. The van der Waals surface area contributed by atoms with Crippen molar-refractivity contribution >= 4 is 17.3 Å². The number of benzene rings is 3. The van der Waals surface area contributed by atoms with Crippen LogP contribution in [0.1, 0.15) is 15.9 Å². The molecule has 0 saturated heterocycles. The molecule has 0 spiro atoms. The van der Waals surface area contributed by atoms with E-state index in [1.54, 1.807) is 18.2 Å². The maximum absolute atomic E-state index is 13.1. The maximum Gasteiger partial charge on any atom is 0.337 e. The van der Waals surface area contributed by atoms with Gasteiger partial charge in [0.15, 0.2) is 0 Å². The molecule has 0 atom stereocenters. The first-order chi connectivity index (χ1) is 12.6. The largest absolute Gasteiger partial charge is 0.478 e. The number of anilines is 2. The summed E-state index contributed by atoms with van der Waals surface area (Å²) in [7, 11) is 0. The number of halogens is 1. The minimum Gasteiger partial charge on any atom is -0.478 e. The molecule has 0 fully saturated rings. The second-order valence-corrected chi connectivity index (χ2v) is 5.68. The van der Waals surface area contributed by atoms with E-state index in [2.05, 4.69) is 10.5 Å². The summed E-state index contributed by atoms with van der Waals surface area (Å²) < 4.78 is 13.1. The SMILES string of the molecule is O=NCc1cccc(-c2ccc(C(=O)O)c(Nc3ccc(F)cc3)c2)c1. The number of hydrogen-bond acceptors (Lipinski definition) is 4. The van der Waals surface area contributed by atoms with Gasteiger partial charge in [0, 0.05) is 5.69 Å². The van der Waals surface area contributed by atoms with Crippen molar-refractivity contribution in [3.05, 3.63) is 88.6 Å². The smallest absolute Gasteiger partial charge is 0.337 e. The van der Waals surface area contributed by atoms with Crippen LogP contribution in [0.25, 0.3) is 11.1 Å². The van der Waals surface area contributed by atoms with E-state index in [4.69, 9.17) is 0 Å². The van der Waals surface area contributed by atoms with Gasteiger partial charge >= 0.3 is 5.97 Å². The summed E-state index contributed by atoms with van der Waals surface area (Å²) in [5.41, 5.74) is 3.46. The lowest BCUT2D eigenvalue weighted by Gasteiger charge is -2.12. The van der Waals surface area contributed by atoms with E-state index in [1.165, 1.54) is 30.3 Å². The number of nitroso groups, excluding NO2 is 1. The summed E-state index contributed by atoms with van der Waals surface area (Å²) in [4.78, 5) is 22.0. The first-order valence-corrected chi connectivity index (χ1v) is 7.85. The van der Waals surface area contributed by atoms with Gasteiger partial charge in [0.2, 0.25) is 0 Å². The zero-order valence-corrected chi connectivity index (χ0v) is 13.6. The number of aromatic carboxylic acids is 1. The summed E-state index contributed by atoms with van der Waals surface area (Å²) in [6.07, 6.45) is 0. The molecule has 3 rings (SSSR count). The summed E-state index contributed by atoms with van der Waals surface area (Å²) in [6, 6.07) is 17.9. The Morgan fingerprint density at radius 1 is 1.00 bits per heavy atom. The predicted molar refractivity (Wildman–Crippen MR) is 98.0 cm³/mol. The molecular formula is C20H15FN2O3. The molecule has 0 amide bonds. The highest BCUT2D eigenvalue weighted by Gasteiger charge is 2.12. The Morgan fingerprint density at radius 3 is 2.42 bits per heavy atom. The van der Waals surface area contributed by atoms with Crippen LogP contribution in [0.4, 0.5) is 15.8 Å². The van der Waals surface area contributed by atoms with Crippen LogP contribution in [0.5, 0.6) is 0 Å². The van der Waals surface area contributed by atoms with Crippen LogP contribution in [-0.4, -0.2) is 11.1 Å². The lowest BCUT2D eigenvalue weighted by atomic mass is 10.00. The van der Waals surface area contributed by atoms with E-state index in [1.807, 2.05) is 18.2 Å². The van der Waals surface area contributed by atoms with Gasteiger partial charge in [-0.25, -0.2) is 9.18 Å². The molecule has 0 aliphatic carbocycles. The average molecular weight is 350 g/mol. The standard InChI is InChI=1S/C20H15FN2O3/c21-16-5-7-17(8-6-16)23-19-11-15(4-9-18(19)20(24)25)14-3-1-2-13(10-14)12-22-26/h1-11,23H,12H2,(H,24,25). The van der Waals surface area contributed by atoms with E-state index >= 15 is 0 Å². The van der Waals surface area contributed by atoms with Gasteiger partial charge in [-0.3, -0.25) is 0 Å². The van der Waals surface area contributed by atoms with Gasteiger partial charge < -0.3 is 10.4 Å². The molecule has 2 N–H and O–H groups in total. The molecule has 6 heteroatoms. The van der Waals surface area contributed by atoms with Gasteiger partial charge in [0.05, 0.1) is 11.3 Å². The van der Waals surface area contributed by atoms with Gasteiger partial charge in [-0.05, 0) is 59.2 Å². The third kappa shape index (κ3) is 3.92. The van der Waals surface area contributed by atoms with Crippen LogP contribution in [0, 0.1) is 10.7 Å². The lowest BCUT2D eigenvalue weighted by Crippen LogP contribution is -2.03. The van der Waals surface area contributed by atoms with E-state index in [0.717, 1.165) is 16.7 Å². The number of carboxylic acids is 1. The minimum atomic E-state index is -1.07. The molecule has 0 aliphatic rings. The van der Waals surface area contributed by atoms with Crippen molar-refractivity contribution in [1.82, 2.24) is 0 Å². The number of carboxylic acid groups (broad SMARTS) is 1.